The lowest BCUT2D eigenvalue weighted by Gasteiger charge is -2.27. The van der Waals surface area contributed by atoms with Gasteiger partial charge in [-0.3, -0.25) is 9.59 Å². The van der Waals surface area contributed by atoms with Gasteiger partial charge in [-0.1, -0.05) is 18.2 Å². The van der Waals surface area contributed by atoms with Gasteiger partial charge in [0.05, 0.1) is 54.4 Å². The van der Waals surface area contributed by atoms with E-state index < -0.39 is 0 Å². The van der Waals surface area contributed by atoms with E-state index in [0.29, 0.717) is 80.3 Å². The van der Waals surface area contributed by atoms with E-state index in [-0.39, 0.29) is 23.9 Å². The number of rotatable bonds is 8. The van der Waals surface area contributed by atoms with Gasteiger partial charge in [0.15, 0.2) is 23.9 Å². The fourth-order valence-electron chi connectivity index (χ4n) is 4.86. The molecule has 1 aliphatic rings. The molecule has 1 aliphatic heterocycles. The number of methoxy groups -OCH3 is 2. The number of hydrogen-bond acceptors (Lipinski definition) is 9. The number of halogens is 2. The fourth-order valence-corrected chi connectivity index (χ4v) is 5.79. The van der Waals surface area contributed by atoms with Gasteiger partial charge in [0, 0.05) is 23.1 Å². The Morgan fingerprint density at radius 2 is 1.77 bits per heavy atom. The number of ether oxygens (including phenoxy) is 4. The van der Waals surface area contributed by atoms with Gasteiger partial charge >= 0.3 is 0 Å². The fraction of sp³-hybridized carbons (Fsp3) is 0.226. The summed E-state index contributed by atoms with van der Waals surface area (Å²) in [5.41, 5.74) is 1.28. The van der Waals surface area contributed by atoms with Crippen LogP contribution in [0.15, 0.2) is 77.9 Å². The molecule has 6 rings (SSSR count). The van der Waals surface area contributed by atoms with E-state index in [0.717, 1.165) is 5.39 Å². The van der Waals surface area contributed by atoms with Crippen molar-refractivity contribution in [2.75, 3.05) is 47.1 Å². The Bertz CT molecular complexity index is 1960. The molecular formula is C31H26Br2N4O7. The zero-order valence-corrected chi connectivity index (χ0v) is 26.9. The molecule has 13 heteroatoms. The number of benzene rings is 3. The molecule has 1 saturated heterocycles. The lowest BCUT2D eigenvalue weighted by Crippen LogP contribution is -2.43. The summed E-state index contributed by atoms with van der Waals surface area (Å²) in [6.45, 7) is 1.87. The number of nitrogens with zero attached hydrogens (tertiary/aromatic N) is 4. The first-order valence-corrected chi connectivity index (χ1v) is 15.2. The Morgan fingerprint density at radius 3 is 2.55 bits per heavy atom. The summed E-state index contributed by atoms with van der Waals surface area (Å²) in [6.07, 6.45) is 1.50. The molecule has 0 bridgehead atoms. The number of aromatic nitrogens is 2. The summed E-state index contributed by atoms with van der Waals surface area (Å²) >= 11 is 7.15. The highest BCUT2D eigenvalue weighted by Crippen LogP contribution is 2.42. The first-order chi connectivity index (χ1) is 21.4. The number of morpholine rings is 1. The maximum atomic E-state index is 13.7. The molecule has 1 amide bonds. The molecule has 0 aliphatic carbocycles. The van der Waals surface area contributed by atoms with Crippen LogP contribution in [0.2, 0.25) is 0 Å². The van der Waals surface area contributed by atoms with E-state index in [9.17, 15) is 9.59 Å². The van der Waals surface area contributed by atoms with E-state index in [4.69, 9.17) is 28.3 Å². The number of carbonyl (C=O) groups excluding carboxylic acids is 1. The van der Waals surface area contributed by atoms with Crippen molar-refractivity contribution in [3.8, 4) is 28.8 Å². The van der Waals surface area contributed by atoms with Crippen LogP contribution < -0.4 is 19.8 Å². The molecule has 0 radical (unpaired) electrons. The zero-order valence-electron chi connectivity index (χ0n) is 23.7. The Balaban J connectivity index is 1.39. The molecule has 0 spiro atoms. The van der Waals surface area contributed by atoms with Crippen molar-refractivity contribution < 1.29 is 28.2 Å². The first-order valence-electron chi connectivity index (χ1n) is 13.6. The summed E-state index contributed by atoms with van der Waals surface area (Å²) in [6, 6.07) is 16.0. The Morgan fingerprint density at radius 1 is 1.00 bits per heavy atom. The predicted octanol–water partition coefficient (Wildman–Crippen LogP) is 5.47. The number of amides is 1. The van der Waals surface area contributed by atoms with Gasteiger partial charge in [-0.05, 0) is 68.3 Å². The molecule has 226 valence electrons. The van der Waals surface area contributed by atoms with Crippen LogP contribution in [0.25, 0.3) is 33.5 Å². The highest BCUT2D eigenvalue weighted by molar-refractivity contribution is 9.13. The minimum atomic E-state index is -0.377. The van der Waals surface area contributed by atoms with Crippen molar-refractivity contribution in [3.63, 3.8) is 0 Å². The summed E-state index contributed by atoms with van der Waals surface area (Å²) in [5, 5.41) is 5.70. The van der Waals surface area contributed by atoms with Gasteiger partial charge in [-0.25, -0.2) is 4.98 Å². The first kappa shape index (κ1) is 29.9. The molecule has 0 N–H and O–H groups in total. The van der Waals surface area contributed by atoms with E-state index in [2.05, 4.69) is 37.0 Å². The van der Waals surface area contributed by atoms with Crippen LogP contribution in [0.1, 0.15) is 5.56 Å². The second kappa shape index (κ2) is 12.8. The van der Waals surface area contributed by atoms with Gasteiger partial charge < -0.3 is 28.3 Å². The standard InChI is InChI=1S/C31H26Br2N4O7/c1-40-22-8-5-9-23-20(22)15-25(44-23)30-35-21-7-4-3-6-19(21)31(39)37(30)34-16-18-14-24(41-2)29(28(33)27(18)32)43-17-26(38)36-10-12-42-13-11-36/h3-9,14-16H,10-13,17H2,1-2H3. The van der Waals surface area contributed by atoms with Crippen molar-refractivity contribution in [3.05, 3.63) is 79.5 Å². The lowest BCUT2D eigenvalue weighted by molar-refractivity contribution is -0.137. The highest BCUT2D eigenvalue weighted by Gasteiger charge is 2.22. The van der Waals surface area contributed by atoms with Crippen molar-refractivity contribution >= 4 is 65.9 Å². The zero-order chi connectivity index (χ0) is 30.8. The molecule has 0 unspecified atom stereocenters. The van der Waals surface area contributed by atoms with Crippen molar-refractivity contribution in [1.82, 2.24) is 14.6 Å². The summed E-state index contributed by atoms with van der Waals surface area (Å²) in [5.74, 6) is 1.75. The molecule has 0 atom stereocenters. The predicted molar refractivity (Wildman–Crippen MR) is 172 cm³/mol. The van der Waals surface area contributed by atoms with Crippen LogP contribution >= 0.6 is 31.9 Å². The number of fused-ring (bicyclic) bond motifs is 2. The largest absolute Gasteiger partial charge is 0.496 e. The maximum absolute atomic E-state index is 13.7. The molecular weight excluding hydrogens is 700 g/mol. The van der Waals surface area contributed by atoms with Gasteiger partial charge in [0.1, 0.15) is 11.3 Å². The van der Waals surface area contributed by atoms with Gasteiger partial charge in [0.25, 0.3) is 11.5 Å². The van der Waals surface area contributed by atoms with Crippen molar-refractivity contribution in [1.29, 1.82) is 0 Å². The van der Waals surface area contributed by atoms with Crippen LogP contribution in [0, 0.1) is 0 Å². The number of furan rings is 1. The average Bonchev–Trinajstić information content (AvgIpc) is 3.50. The molecule has 44 heavy (non-hydrogen) atoms. The van der Waals surface area contributed by atoms with Crippen LogP contribution in [-0.4, -0.2) is 73.8 Å². The van der Waals surface area contributed by atoms with Gasteiger partial charge in [0.2, 0.25) is 5.82 Å². The third-order valence-corrected chi connectivity index (χ3v) is 9.25. The normalized spacial score (nSPS) is 13.6. The van der Waals surface area contributed by atoms with Crippen LogP contribution in [0.3, 0.4) is 0 Å². The summed E-state index contributed by atoms with van der Waals surface area (Å²) < 4.78 is 30.7. The Labute approximate surface area is 268 Å². The topological polar surface area (TPSA) is 118 Å². The number of hydrogen-bond donors (Lipinski definition) is 0. The number of para-hydroxylation sites is 1. The minimum Gasteiger partial charge on any atom is -0.496 e. The van der Waals surface area contributed by atoms with Crippen LogP contribution in [0.4, 0.5) is 0 Å². The van der Waals surface area contributed by atoms with Crippen molar-refractivity contribution in [2.24, 2.45) is 5.10 Å². The van der Waals surface area contributed by atoms with E-state index >= 15 is 0 Å². The highest BCUT2D eigenvalue weighted by atomic mass is 79.9. The molecule has 3 heterocycles. The van der Waals surface area contributed by atoms with Gasteiger partial charge in [-0.2, -0.15) is 9.78 Å². The third kappa shape index (κ3) is 5.70. The van der Waals surface area contributed by atoms with Crippen molar-refractivity contribution in [2.45, 2.75) is 0 Å². The van der Waals surface area contributed by atoms with Crippen LogP contribution in [-0.2, 0) is 9.53 Å². The average molecular weight is 726 g/mol. The Hall–Kier alpha value is -4.20. The molecule has 11 nitrogen and oxygen atoms in total. The second-order valence-electron chi connectivity index (χ2n) is 9.70. The lowest BCUT2D eigenvalue weighted by atomic mass is 10.2. The quantitative estimate of drug-likeness (QED) is 0.193. The maximum Gasteiger partial charge on any atom is 0.282 e. The molecule has 3 aromatic carbocycles. The Kier molecular flexibility index (Phi) is 8.69. The SMILES string of the molecule is COc1cc(C=Nn2c(-c3cc4c(OC)cccc4o3)nc3ccccc3c2=O)c(Br)c(Br)c1OCC(=O)N1CCOCC1. The van der Waals surface area contributed by atoms with Crippen LogP contribution in [0.5, 0.6) is 17.2 Å². The third-order valence-electron chi connectivity index (χ3n) is 7.11. The van der Waals surface area contributed by atoms with E-state index in [1.807, 2.05) is 24.3 Å². The monoisotopic (exact) mass is 724 g/mol. The van der Waals surface area contributed by atoms with Gasteiger partial charge in [-0.15, -0.1) is 0 Å². The molecule has 1 fully saturated rings. The molecule has 5 aromatic rings. The summed E-state index contributed by atoms with van der Waals surface area (Å²) in [4.78, 5) is 32.8. The molecule has 0 saturated carbocycles. The second-order valence-corrected chi connectivity index (χ2v) is 11.3. The number of carbonyl (C=O) groups is 1. The smallest absolute Gasteiger partial charge is 0.282 e. The summed E-state index contributed by atoms with van der Waals surface area (Å²) in [7, 11) is 3.08. The van der Waals surface area contributed by atoms with E-state index in [1.54, 1.807) is 42.3 Å². The minimum absolute atomic E-state index is 0.150. The van der Waals surface area contributed by atoms with E-state index in [1.165, 1.54) is 18.0 Å². The molecule has 2 aromatic heterocycles.